The van der Waals surface area contributed by atoms with Gasteiger partial charge in [-0.2, -0.15) is 0 Å². The summed E-state index contributed by atoms with van der Waals surface area (Å²) in [6.07, 6.45) is 6.64. The van der Waals surface area contributed by atoms with E-state index in [0.29, 0.717) is 17.8 Å². The number of phenols is 1. The summed E-state index contributed by atoms with van der Waals surface area (Å²) in [6.45, 7) is 2.19. The third-order valence-electron chi connectivity index (χ3n) is 4.87. The zero-order valence-corrected chi connectivity index (χ0v) is 11.1. The molecule has 98 valence electrons. The Hall–Kier alpha value is -1.02. The molecule has 1 aromatic carbocycles. The minimum Gasteiger partial charge on any atom is -0.508 e. The van der Waals surface area contributed by atoms with E-state index in [0.717, 1.165) is 23.8 Å². The molecule has 4 unspecified atom stereocenters. The van der Waals surface area contributed by atoms with Crippen LogP contribution < -0.4 is 5.32 Å². The third kappa shape index (κ3) is 2.14. The van der Waals surface area contributed by atoms with Crippen molar-refractivity contribution in [2.24, 2.45) is 11.8 Å². The average molecular weight is 245 g/mol. The third-order valence-corrected chi connectivity index (χ3v) is 4.87. The molecular formula is C16H23NO. The lowest BCUT2D eigenvalue weighted by molar-refractivity contribution is 0.311. The Morgan fingerprint density at radius 1 is 1.28 bits per heavy atom. The summed E-state index contributed by atoms with van der Waals surface area (Å²) >= 11 is 0. The van der Waals surface area contributed by atoms with Gasteiger partial charge in [0.1, 0.15) is 5.75 Å². The van der Waals surface area contributed by atoms with Crippen molar-refractivity contribution in [1.82, 2.24) is 5.32 Å². The lowest BCUT2D eigenvalue weighted by Crippen LogP contribution is -2.36. The molecule has 2 aliphatic rings. The molecule has 1 aromatic rings. The van der Waals surface area contributed by atoms with Crippen molar-refractivity contribution in [3.05, 3.63) is 29.8 Å². The topological polar surface area (TPSA) is 32.3 Å². The molecule has 18 heavy (non-hydrogen) atoms. The number of benzene rings is 1. The van der Waals surface area contributed by atoms with Crippen molar-refractivity contribution < 1.29 is 5.11 Å². The summed E-state index contributed by atoms with van der Waals surface area (Å²) in [7, 11) is 0. The quantitative estimate of drug-likeness (QED) is 0.849. The van der Waals surface area contributed by atoms with Gasteiger partial charge in [0.2, 0.25) is 0 Å². The van der Waals surface area contributed by atoms with Crippen molar-refractivity contribution in [1.29, 1.82) is 0 Å². The number of rotatable bonds is 4. The van der Waals surface area contributed by atoms with Gasteiger partial charge in [-0.05, 0) is 43.6 Å². The fraction of sp³-hybridized carbons (Fsp3) is 0.625. The summed E-state index contributed by atoms with van der Waals surface area (Å²) < 4.78 is 0. The number of phenolic OH excluding ortho intramolecular Hbond substituents is 1. The van der Waals surface area contributed by atoms with E-state index in [4.69, 9.17) is 0 Å². The van der Waals surface area contributed by atoms with E-state index < -0.39 is 0 Å². The largest absolute Gasteiger partial charge is 0.508 e. The lowest BCUT2D eigenvalue weighted by Gasteiger charge is -2.28. The molecule has 3 rings (SSSR count). The van der Waals surface area contributed by atoms with E-state index in [1.54, 1.807) is 6.07 Å². The second-order valence-electron chi connectivity index (χ2n) is 5.97. The van der Waals surface area contributed by atoms with Crippen molar-refractivity contribution >= 4 is 0 Å². The molecule has 0 amide bonds. The molecule has 2 N–H and O–H groups in total. The number of nitrogens with one attached hydrogen (secondary N) is 1. The van der Waals surface area contributed by atoms with Crippen LogP contribution in [0.1, 0.15) is 50.6 Å². The predicted octanol–water partition coefficient (Wildman–Crippen LogP) is 3.62. The first kappa shape index (κ1) is 12.0. The number of para-hydroxylation sites is 1. The molecule has 0 heterocycles. The summed E-state index contributed by atoms with van der Waals surface area (Å²) in [6, 6.07) is 8.72. The predicted molar refractivity (Wildman–Crippen MR) is 73.5 cm³/mol. The van der Waals surface area contributed by atoms with Gasteiger partial charge in [-0.3, -0.25) is 0 Å². The highest BCUT2D eigenvalue weighted by Gasteiger charge is 2.40. The van der Waals surface area contributed by atoms with Crippen LogP contribution in [0.15, 0.2) is 24.3 Å². The molecule has 0 aliphatic heterocycles. The van der Waals surface area contributed by atoms with E-state index in [-0.39, 0.29) is 0 Å². The maximum absolute atomic E-state index is 9.98. The Morgan fingerprint density at radius 3 is 2.72 bits per heavy atom. The number of fused-ring (bicyclic) bond motifs is 2. The maximum atomic E-state index is 9.98. The molecular weight excluding hydrogens is 222 g/mol. The van der Waals surface area contributed by atoms with Crippen molar-refractivity contribution in [3.63, 3.8) is 0 Å². The van der Waals surface area contributed by atoms with E-state index >= 15 is 0 Å². The summed E-state index contributed by atoms with van der Waals surface area (Å²) in [5, 5.41) is 13.8. The zero-order valence-electron chi connectivity index (χ0n) is 11.1. The molecule has 2 nitrogen and oxygen atoms in total. The molecule has 0 radical (unpaired) electrons. The normalized spacial score (nSPS) is 31.7. The Balaban J connectivity index is 1.72. The summed E-state index contributed by atoms with van der Waals surface area (Å²) in [5.74, 6) is 2.28. The van der Waals surface area contributed by atoms with Gasteiger partial charge in [0.05, 0.1) is 0 Å². The van der Waals surface area contributed by atoms with Crippen LogP contribution in [0.3, 0.4) is 0 Å². The Morgan fingerprint density at radius 2 is 2.11 bits per heavy atom. The number of hydrogen-bond acceptors (Lipinski definition) is 2. The van der Waals surface area contributed by atoms with Gasteiger partial charge >= 0.3 is 0 Å². The van der Waals surface area contributed by atoms with Gasteiger partial charge in [-0.1, -0.05) is 31.5 Å². The highest BCUT2D eigenvalue weighted by atomic mass is 16.3. The Kier molecular flexibility index (Phi) is 3.29. The van der Waals surface area contributed by atoms with Gasteiger partial charge in [0.15, 0.2) is 0 Å². The van der Waals surface area contributed by atoms with Gasteiger partial charge in [0.25, 0.3) is 0 Å². The fourth-order valence-corrected chi connectivity index (χ4v) is 3.92. The SMILES string of the molecule is CCC(NC1CC2CCC1C2)c1ccccc1O. The van der Waals surface area contributed by atoms with Crippen molar-refractivity contribution in [2.75, 3.05) is 0 Å². The van der Waals surface area contributed by atoms with Gasteiger partial charge < -0.3 is 10.4 Å². The van der Waals surface area contributed by atoms with Crippen LogP contribution >= 0.6 is 0 Å². The molecule has 4 atom stereocenters. The second-order valence-corrected chi connectivity index (χ2v) is 5.97. The molecule has 0 aromatic heterocycles. The maximum Gasteiger partial charge on any atom is 0.120 e. The minimum atomic E-state index is 0.301. The Labute approximate surface area is 109 Å². The average Bonchev–Trinajstić information content (AvgIpc) is 2.99. The number of hydrogen-bond donors (Lipinski definition) is 2. The Bertz CT molecular complexity index is 417. The van der Waals surface area contributed by atoms with Gasteiger partial charge in [-0.25, -0.2) is 0 Å². The van der Waals surface area contributed by atoms with E-state index in [1.807, 2.05) is 18.2 Å². The summed E-state index contributed by atoms with van der Waals surface area (Å²) in [5.41, 5.74) is 1.06. The highest BCUT2D eigenvalue weighted by Crippen LogP contribution is 2.45. The van der Waals surface area contributed by atoms with Crippen LogP contribution in [0.4, 0.5) is 0 Å². The lowest BCUT2D eigenvalue weighted by atomic mass is 9.93. The standard InChI is InChI=1S/C16H23NO/c1-2-14(13-5-3-4-6-16(13)18)17-15-10-11-7-8-12(15)9-11/h3-6,11-12,14-15,17-18H,2,7-10H2,1H3. The van der Waals surface area contributed by atoms with Gasteiger partial charge in [0, 0.05) is 17.6 Å². The second kappa shape index (κ2) is 4.93. The molecule has 0 saturated heterocycles. The first-order chi connectivity index (χ1) is 8.78. The highest BCUT2D eigenvalue weighted by molar-refractivity contribution is 5.34. The molecule has 2 aliphatic carbocycles. The molecule has 2 fully saturated rings. The monoisotopic (exact) mass is 245 g/mol. The van der Waals surface area contributed by atoms with Crippen LogP contribution in [-0.4, -0.2) is 11.1 Å². The molecule has 2 heteroatoms. The fourth-order valence-electron chi connectivity index (χ4n) is 3.92. The smallest absolute Gasteiger partial charge is 0.120 e. The van der Waals surface area contributed by atoms with Crippen LogP contribution in [0.25, 0.3) is 0 Å². The first-order valence-corrected chi connectivity index (χ1v) is 7.32. The van der Waals surface area contributed by atoms with Crippen LogP contribution in [0, 0.1) is 11.8 Å². The molecule has 2 saturated carbocycles. The van der Waals surface area contributed by atoms with Crippen LogP contribution in [0.2, 0.25) is 0 Å². The molecule has 0 spiro atoms. The van der Waals surface area contributed by atoms with E-state index in [2.05, 4.69) is 12.2 Å². The van der Waals surface area contributed by atoms with E-state index in [1.165, 1.54) is 25.7 Å². The zero-order chi connectivity index (χ0) is 12.5. The van der Waals surface area contributed by atoms with E-state index in [9.17, 15) is 5.11 Å². The number of aromatic hydroxyl groups is 1. The van der Waals surface area contributed by atoms with Gasteiger partial charge in [-0.15, -0.1) is 0 Å². The minimum absolute atomic E-state index is 0.301. The van der Waals surface area contributed by atoms with Crippen LogP contribution in [0.5, 0.6) is 5.75 Å². The van der Waals surface area contributed by atoms with Crippen LogP contribution in [-0.2, 0) is 0 Å². The summed E-state index contributed by atoms with van der Waals surface area (Å²) in [4.78, 5) is 0. The van der Waals surface area contributed by atoms with Crippen molar-refractivity contribution in [3.8, 4) is 5.75 Å². The van der Waals surface area contributed by atoms with Crippen molar-refractivity contribution in [2.45, 2.75) is 51.1 Å². The molecule has 2 bridgehead atoms. The first-order valence-electron chi connectivity index (χ1n) is 7.32.